The van der Waals surface area contributed by atoms with Crippen LogP contribution in [0.3, 0.4) is 0 Å². The Morgan fingerprint density at radius 1 is 1.06 bits per heavy atom. The predicted octanol–water partition coefficient (Wildman–Crippen LogP) is 4.07. The molecule has 3 heterocycles. The van der Waals surface area contributed by atoms with Gasteiger partial charge in [-0.1, -0.05) is 33.2 Å². The lowest BCUT2D eigenvalue weighted by atomic mass is 9.95. The minimum absolute atomic E-state index is 0.0960. The van der Waals surface area contributed by atoms with Crippen LogP contribution in [0, 0.1) is 5.92 Å². The summed E-state index contributed by atoms with van der Waals surface area (Å²) in [7, 11) is 1.68. The minimum atomic E-state index is 0.0960. The zero-order chi connectivity index (χ0) is 24.2. The van der Waals surface area contributed by atoms with E-state index in [1.165, 1.54) is 5.69 Å². The smallest absolute Gasteiger partial charge is 0.241 e. The Morgan fingerprint density at radius 2 is 1.80 bits per heavy atom. The second-order valence-corrected chi connectivity index (χ2v) is 10.00. The Kier molecular flexibility index (Phi) is 7.34. The van der Waals surface area contributed by atoms with Crippen molar-refractivity contribution in [2.75, 3.05) is 51.3 Å². The van der Waals surface area contributed by atoms with Crippen molar-refractivity contribution >= 4 is 27.5 Å². The van der Waals surface area contributed by atoms with Crippen LogP contribution < -0.4 is 9.64 Å². The number of hydrogen-bond donors (Lipinski definition) is 0. The van der Waals surface area contributed by atoms with Crippen LogP contribution in [0.25, 0.3) is 11.4 Å². The Labute approximate surface area is 214 Å². The minimum Gasteiger partial charge on any atom is -0.497 e. The molecule has 0 N–H and O–H groups in total. The molecule has 0 atom stereocenters. The molecule has 0 unspecified atom stereocenters. The first-order valence-electron chi connectivity index (χ1n) is 12.1. The van der Waals surface area contributed by atoms with Crippen LogP contribution in [0.4, 0.5) is 5.69 Å². The molecular weight excluding hydrogens is 510 g/mol. The third-order valence-corrected chi connectivity index (χ3v) is 7.37. The molecule has 2 aromatic carbocycles. The van der Waals surface area contributed by atoms with Gasteiger partial charge in [-0.15, -0.1) is 0 Å². The molecule has 8 nitrogen and oxygen atoms in total. The highest BCUT2D eigenvalue weighted by molar-refractivity contribution is 9.10. The number of halogens is 1. The molecular formula is C26H30BrN5O3. The first-order chi connectivity index (χ1) is 17.1. The number of rotatable bonds is 6. The monoisotopic (exact) mass is 539 g/mol. The lowest BCUT2D eigenvalue weighted by molar-refractivity contribution is -0.137. The number of piperidine rings is 1. The SMILES string of the molecule is COc1ccc(N2CCN(C(=O)C3CCN(Cc4nc(-c5cccc(Br)c5)no4)CC3)CC2)cc1. The number of methoxy groups -OCH3 is 1. The standard InChI is InChI=1S/C26H30BrN5O3/c1-34-23-7-5-22(6-8-23)31-13-15-32(16-14-31)26(33)19-9-11-30(12-10-19)18-24-28-25(29-35-24)20-3-2-4-21(27)17-20/h2-8,17,19H,9-16,18H2,1H3. The Hall–Kier alpha value is -2.91. The zero-order valence-electron chi connectivity index (χ0n) is 19.9. The lowest BCUT2D eigenvalue weighted by Gasteiger charge is -2.39. The van der Waals surface area contributed by atoms with Gasteiger partial charge in [0.05, 0.1) is 13.7 Å². The number of ether oxygens (including phenoxy) is 1. The first kappa shape index (κ1) is 23.8. The molecule has 1 amide bonds. The molecule has 2 fully saturated rings. The van der Waals surface area contributed by atoms with Crippen LogP contribution in [-0.4, -0.2) is 72.2 Å². The van der Waals surface area contributed by atoms with E-state index in [0.717, 1.165) is 67.9 Å². The van der Waals surface area contributed by atoms with E-state index >= 15 is 0 Å². The summed E-state index contributed by atoms with van der Waals surface area (Å²) in [5, 5.41) is 4.13. The van der Waals surface area contributed by atoms with Crippen LogP contribution >= 0.6 is 15.9 Å². The molecule has 184 valence electrons. The summed E-state index contributed by atoms with van der Waals surface area (Å²) in [6, 6.07) is 16.0. The molecule has 0 spiro atoms. The van der Waals surface area contributed by atoms with E-state index in [1.807, 2.05) is 41.3 Å². The van der Waals surface area contributed by atoms with Gasteiger partial charge in [-0.05, 0) is 62.3 Å². The maximum atomic E-state index is 13.2. The highest BCUT2D eigenvalue weighted by Crippen LogP contribution is 2.25. The van der Waals surface area contributed by atoms with Gasteiger partial charge in [0, 0.05) is 47.8 Å². The fourth-order valence-electron chi connectivity index (χ4n) is 4.83. The average molecular weight is 540 g/mol. The summed E-state index contributed by atoms with van der Waals surface area (Å²) >= 11 is 3.48. The number of nitrogens with zero attached hydrogens (tertiary/aromatic N) is 5. The molecule has 0 radical (unpaired) electrons. The number of carbonyl (C=O) groups excluding carboxylic acids is 1. The molecule has 5 rings (SSSR count). The molecule has 2 aliphatic rings. The van der Waals surface area contributed by atoms with Crippen LogP contribution in [0.15, 0.2) is 57.5 Å². The summed E-state index contributed by atoms with van der Waals surface area (Å²) in [5.74, 6) is 2.46. The molecule has 1 aromatic heterocycles. The second-order valence-electron chi connectivity index (χ2n) is 9.08. The highest BCUT2D eigenvalue weighted by atomic mass is 79.9. The van der Waals surface area contributed by atoms with Gasteiger partial charge in [-0.3, -0.25) is 9.69 Å². The largest absolute Gasteiger partial charge is 0.497 e. The fraction of sp³-hybridized carbons (Fsp3) is 0.423. The van der Waals surface area contributed by atoms with Crippen molar-refractivity contribution in [2.24, 2.45) is 5.92 Å². The van der Waals surface area contributed by atoms with E-state index < -0.39 is 0 Å². The Bertz CT molecular complexity index is 1140. The van der Waals surface area contributed by atoms with Crippen LogP contribution in [0.5, 0.6) is 5.75 Å². The molecule has 2 aliphatic heterocycles. The van der Waals surface area contributed by atoms with Crippen molar-refractivity contribution < 1.29 is 14.1 Å². The molecule has 9 heteroatoms. The molecule has 0 bridgehead atoms. The summed E-state index contributed by atoms with van der Waals surface area (Å²) in [6.45, 7) is 5.58. The maximum Gasteiger partial charge on any atom is 0.241 e. The molecule has 2 saturated heterocycles. The number of aromatic nitrogens is 2. The third-order valence-electron chi connectivity index (χ3n) is 6.88. The van der Waals surface area contributed by atoms with Crippen molar-refractivity contribution in [3.05, 3.63) is 58.9 Å². The Morgan fingerprint density at radius 3 is 2.49 bits per heavy atom. The van der Waals surface area contributed by atoms with E-state index in [9.17, 15) is 4.79 Å². The van der Waals surface area contributed by atoms with Gasteiger partial charge in [-0.2, -0.15) is 4.98 Å². The number of likely N-dealkylation sites (tertiary alicyclic amines) is 1. The maximum absolute atomic E-state index is 13.2. The van der Waals surface area contributed by atoms with E-state index in [4.69, 9.17) is 9.26 Å². The van der Waals surface area contributed by atoms with Crippen molar-refractivity contribution in [1.82, 2.24) is 19.9 Å². The van der Waals surface area contributed by atoms with Crippen LogP contribution in [0.2, 0.25) is 0 Å². The average Bonchev–Trinajstić information content (AvgIpc) is 3.37. The number of benzene rings is 2. The first-order valence-corrected chi connectivity index (χ1v) is 12.9. The van der Waals surface area contributed by atoms with Crippen molar-refractivity contribution in [2.45, 2.75) is 19.4 Å². The molecule has 0 aliphatic carbocycles. The van der Waals surface area contributed by atoms with Gasteiger partial charge in [0.25, 0.3) is 0 Å². The summed E-state index contributed by atoms with van der Waals surface area (Å²) < 4.78 is 11.7. The Balaban J connectivity index is 1.08. The van der Waals surface area contributed by atoms with E-state index in [-0.39, 0.29) is 5.92 Å². The summed E-state index contributed by atoms with van der Waals surface area (Å²) in [6.07, 6.45) is 1.73. The van der Waals surface area contributed by atoms with Gasteiger partial charge >= 0.3 is 0 Å². The molecule has 3 aromatic rings. The van der Waals surface area contributed by atoms with Crippen molar-refractivity contribution in [3.63, 3.8) is 0 Å². The van der Waals surface area contributed by atoms with Gasteiger partial charge < -0.3 is 19.1 Å². The topological polar surface area (TPSA) is 74.9 Å². The second kappa shape index (κ2) is 10.8. The highest BCUT2D eigenvalue weighted by Gasteiger charge is 2.31. The molecule has 0 saturated carbocycles. The van der Waals surface area contributed by atoms with Crippen molar-refractivity contribution in [1.29, 1.82) is 0 Å². The number of anilines is 1. The van der Waals surface area contributed by atoms with Gasteiger partial charge in [0.15, 0.2) is 0 Å². The quantitative estimate of drug-likeness (QED) is 0.467. The fourth-order valence-corrected chi connectivity index (χ4v) is 5.23. The van der Waals surface area contributed by atoms with E-state index in [1.54, 1.807) is 7.11 Å². The van der Waals surface area contributed by atoms with Crippen molar-refractivity contribution in [3.8, 4) is 17.1 Å². The number of piperazine rings is 1. The van der Waals surface area contributed by atoms with E-state index in [2.05, 4.69) is 48.0 Å². The van der Waals surface area contributed by atoms with E-state index in [0.29, 0.717) is 24.2 Å². The normalized spacial score (nSPS) is 17.5. The van der Waals surface area contributed by atoms with Gasteiger partial charge in [0.2, 0.25) is 17.6 Å². The number of amides is 1. The number of hydrogen-bond acceptors (Lipinski definition) is 7. The number of carbonyl (C=O) groups is 1. The van der Waals surface area contributed by atoms with Gasteiger partial charge in [0.1, 0.15) is 5.75 Å². The molecule has 35 heavy (non-hydrogen) atoms. The zero-order valence-corrected chi connectivity index (χ0v) is 21.5. The van der Waals surface area contributed by atoms with Gasteiger partial charge in [-0.25, -0.2) is 0 Å². The third kappa shape index (κ3) is 5.67. The summed E-state index contributed by atoms with van der Waals surface area (Å²) in [4.78, 5) is 24.4. The predicted molar refractivity (Wildman–Crippen MR) is 137 cm³/mol. The lowest BCUT2D eigenvalue weighted by Crippen LogP contribution is -2.51. The van der Waals surface area contributed by atoms with Crippen LogP contribution in [-0.2, 0) is 11.3 Å². The summed E-state index contributed by atoms with van der Waals surface area (Å²) in [5.41, 5.74) is 2.10. The van der Waals surface area contributed by atoms with Crippen LogP contribution in [0.1, 0.15) is 18.7 Å².